The molecule has 3 N–H and O–H groups in total. The monoisotopic (exact) mass is 635 g/mol. The lowest BCUT2D eigenvalue weighted by atomic mass is 9.69. The molecule has 0 saturated heterocycles. The second kappa shape index (κ2) is 15.7. The Morgan fingerprint density at radius 3 is 2.11 bits per heavy atom. The Labute approximate surface area is 286 Å². The Hall–Kier alpha value is -3.99. The predicted octanol–water partition coefficient (Wildman–Crippen LogP) is 9.04. The fourth-order valence-corrected chi connectivity index (χ4v) is 6.24. The van der Waals surface area contributed by atoms with Crippen molar-refractivity contribution >= 4 is 6.21 Å². The second-order valence-corrected chi connectivity index (χ2v) is 15.2. The molecule has 47 heavy (non-hydrogen) atoms. The molecule has 0 saturated carbocycles. The maximum atomic E-state index is 4.87. The van der Waals surface area contributed by atoms with Crippen molar-refractivity contribution in [3.63, 3.8) is 0 Å². The summed E-state index contributed by atoms with van der Waals surface area (Å²) in [6.07, 6.45) is 9.03. The summed E-state index contributed by atoms with van der Waals surface area (Å²) in [5.41, 5.74) is 7.07. The zero-order valence-electron chi connectivity index (χ0n) is 30.8. The Balaban J connectivity index is 1.81. The number of likely N-dealkylation sites (N-methyl/N-ethyl adjacent to an activating group) is 1. The summed E-state index contributed by atoms with van der Waals surface area (Å²) in [5, 5.41) is 10.9. The van der Waals surface area contributed by atoms with Crippen LogP contribution in [0.25, 0.3) is 0 Å². The molecular formula is C42H61N5. The summed E-state index contributed by atoms with van der Waals surface area (Å²) >= 11 is 0. The zero-order chi connectivity index (χ0) is 35.0. The highest BCUT2D eigenvalue weighted by Gasteiger charge is 2.40. The molecule has 1 aliphatic rings. The first-order valence-electron chi connectivity index (χ1n) is 17.1. The summed E-state index contributed by atoms with van der Waals surface area (Å²) in [5.74, 6) is 0.830. The van der Waals surface area contributed by atoms with Crippen molar-refractivity contribution in [3.8, 4) is 0 Å². The van der Waals surface area contributed by atoms with Gasteiger partial charge >= 0.3 is 0 Å². The third-order valence-electron chi connectivity index (χ3n) is 9.33. The van der Waals surface area contributed by atoms with Crippen molar-refractivity contribution in [2.45, 2.75) is 97.6 Å². The summed E-state index contributed by atoms with van der Waals surface area (Å²) in [4.78, 5) is 6.98. The van der Waals surface area contributed by atoms with E-state index in [0.717, 1.165) is 60.7 Å². The van der Waals surface area contributed by atoms with Gasteiger partial charge < -0.3 is 20.9 Å². The maximum absolute atomic E-state index is 4.87. The van der Waals surface area contributed by atoms with E-state index in [2.05, 4.69) is 170 Å². The normalized spacial score (nSPS) is 16.4. The van der Waals surface area contributed by atoms with Gasteiger partial charge in [0.1, 0.15) is 5.82 Å². The number of allylic oxidation sites excluding steroid dienone is 3. The van der Waals surface area contributed by atoms with Crippen molar-refractivity contribution < 1.29 is 0 Å². The van der Waals surface area contributed by atoms with Gasteiger partial charge in [-0.3, -0.25) is 0 Å². The van der Waals surface area contributed by atoms with E-state index >= 15 is 0 Å². The highest BCUT2D eigenvalue weighted by atomic mass is 15.1. The molecule has 5 nitrogen and oxygen atoms in total. The minimum absolute atomic E-state index is 0.0246. The summed E-state index contributed by atoms with van der Waals surface area (Å²) in [6.45, 7) is 33.3. The quantitative estimate of drug-likeness (QED) is 0.153. The molecule has 2 aromatic rings. The Morgan fingerprint density at radius 2 is 1.53 bits per heavy atom. The zero-order valence-corrected chi connectivity index (χ0v) is 30.8. The van der Waals surface area contributed by atoms with Crippen LogP contribution in [-0.2, 0) is 18.3 Å². The van der Waals surface area contributed by atoms with Gasteiger partial charge in [0, 0.05) is 54.4 Å². The van der Waals surface area contributed by atoms with Crippen LogP contribution in [0, 0.1) is 11.3 Å². The Morgan fingerprint density at radius 1 is 0.894 bits per heavy atom. The van der Waals surface area contributed by atoms with Crippen molar-refractivity contribution in [1.29, 1.82) is 0 Å². The Bertz CT molecular complexity index is 1450. The molecule has 0 aliphatic carbocycles. The van der Waals surface area contributed by atoms with E-state index < -0.39 is 5.54 Å². The first-order valence-corrected chi connectivity index (χ1v) is 17.1. The third-order valence-corrected chi connectivity index (χ3v) is 9.33. The smallest absolute Gasteiger partial charge is 0.126 e. The molecular weight excluding hydrogens is 574 g/mol. The largest absolute Gasteiger partial charge is 0.381 e. The van der Waals surface area contributed by atoms with Crippen LogP contribution in [0.3, 0.4) is 0 Å². The van der Waals surface area contributed by atoms with E-state index in [1.807, 2.05) is 6.21 Å². The predicted molar refractivity (Wildman–Crippen MR) is 204 cm³/mol. The van der Waals surface area contributed by atoms with E-state index in [-0.39, 0.29) is 22.8 Å². The number of rotatable bonds is 18. The minimum Gasteiger partial charge on any atom is -0.381 e. The Kier molecular flexibility index (Phi) is 12.5. The molecule has 1 aliphatic heterocycles. The highest BCUT2D eigenvalue weighted by molar-refractivity contribution is 5.72. The molecule has 1 heterocycles. The van der Waals surface area contributed by atoms with E-state index in [9.17, 15) is 0 Å². The second-order valence-electron chi connectivity index (χ2n) is 15.2. The first kappa shape index (κ1) is 37.5. The van der Waals surface area contributed by atoms with Gasteiger partial charge in [0.25, 0.3) is 0 Å². The van der Waals surface area contributed by atoms with Gasteiger partial charge in [-0.05, 0) is 81.1 Å². The molecule has 254 valence electrons. The maximum Gasteiger partial charge on any atom is 0.126 e. The van der Waals surface area contributed by atoms with Crippen LogP contribution in [0.15, 0.2) is 121 Å². The summed E-state index contributed by atoms with van der Waals surface area (Å²) in [7, 11) is 4.12. The van der Waals surface area contributed by atoms with Gasteiger partial charge in [-0.1, -0.05) is 109 Å². The number of benzene rings is 2. The number of nitrogens with one attached hydrogen (secondary N) is 3. The van der Waals surface area contributed by atoms with Crippen molar-refractivity contribution in [2.24, 2.45) is 16.3 Å². The molecule has 2 aromatic carbocycles. The van der Waals surface area contributed by atoms with E-state index in [1.54, 1.807) is 0 Å². The lowest BCUT2D eigenvalue weighted by Gasteiger charge is -2.39. The number of hydrogen-bond acceptors (Lipinski definition) is 5. The number of aryl methyl sites for hydroxylation is 2. The van der Waals surface area contributed by atoms with Gasteiger partial charge in [0.2, 0.25) is 0 Å². The van der Waals surface area contributed by atoms with Crippen LogP contribution < -0.4 is 16.0 Å². The first-order chi connectivity index (χ1) is 22.0. The molecule has 3 unspecified atom stereocenters. The summed E-state index contributed by atoms with van der Waals surface area (Å²) in [6, 6.07) is 19.5. The van der Waals surface area contributed by atoms with Crippen LogP contribution in [-0.4, -0.2) is 36.8 Å². The van der Waals surface area contributed by atoms with Gasteiger partial charge in [0.05, 0.1) is 11.6 Å². The average Bonchev–Trinajstić information content (AvgIpc) is 3.47. The van der Waals surface area contributed by atoms with Gasteiger partial charge in [-0.15, -0.1) is 0 Å². The van der Waals surface area contributed by atoms with Crippen LogP contribution in [0.4, 0.5) is 0 Å². The van der Waals surface area contributed by atoms with Crippen LogP contribution in [0.2, 0.25) is 0 Å². The highest BCUT2D eigenvalue weighted by Crippen LogP contribution is 2.41. The van der Waals surface area contributed by atoms with Crippen molar-refractivity contribution in [2.75, 3.05) is 14.1 Å². The fourth-order valence-electron chi connectivity index (χ4n) is 6.24. The molecule has 5 heteroatoms. The molecule has 0 spiro atoms. The summed E-state index contributed by atoms with van der Waals surface area (Å²) < 4.78 is 0. The van der Waals surface area contributed by atoms with E-state index in [4.69, 9.17) is 4.99 Å². The molecule has 0 amide bonds. The van der Waals surface area contributed by atoms with Crippen molar-refractivity contribution in [1.82, 2.24) is 20.9 Å². The van der Waals surface area contributed by atoms with Gasteiger partial charge in [0.15, 0.2) is 0 Å². The lowest BCUT2D eigenvalue weighted by molar-refractivity contribution is 0.366. The molecule has 0 radical (unpaired) electrons. The molecule has 3 rings (SSSR count). The van der Waals surface area contributed by atoms with Gasteiger partial charge in [-0.25, -0.2) is 4.99 Å². The molecule has 0 bridgehead atoms. The third kappa shape index (κ3) is 10.2. The van der Waals surface area contributed by atoms with E-state index in [0.29, 0.717) is 0 Å². The lowest BCUT2D eigenvalue weighted by Crippen LogP contribution is -2.48. The van der Waals surface area contributed by atoms with E-state index in [1.165, 1.54) is 16.7 Å². The average molecular weight is 636 g/mol. The number of nitrogens with zero attached hydrogens (tertiary/aromatic N) is 2. The molecule has 0 aromatic heterocycles. The fraction of sp³-hybridized carbons (Fsp3) is 0.452. The van der Waals surface area contributed by atoms with Crippen LogP contribution in [0.1, 0.15) is 84.4 Å². The SMILES string of the molecule is C=C(CC(C)(C)C)NC(C)(C)C(=C)NC(CCCc1ccccc1)C(=C)NC1=CC(C(C)(C(=C)N(C)C)c2ccc(CC)cc2)C=N1. The van der Waals surface area contributed by atoms with Gasteiger partial charge in [-0.2, -0.15) is 0 Å². The van der Waals surface area contributed by atoms with Crippen molar-refractivity contribution in [3.05, 3.63) is 132 Å². The topological polar surface area (TPSA) is 51.7 Å². The number of hydrogen-bond donors (Lipinski definition) is 3. The molecule has 3 atom stereocenters. The standard InChI is InChI=1S/C42H61N5/c1-14-34-23-25-36(26-24-34)42(11,33(5)47(12)13)37-27-39(43-29-37)44-31(3)38(22-18-21-35-19-16-15-17-20-35)45-32(4)41(9,10)46-30(2)28-40(6,7)8/h15-17,19-20,23-27,29,37-38,44-46H,2-5,14,18,21-22,28H2,1,6-13H3. The van der Waals surface area contributed by atoms with Crippen LogP contribution in [0.5, 0.6) is 0 Å². The number of aliphatic imine (C=N–C) groups is 1. The molecule has 0 fully saturated rings. The van der Waals surface area contributed by atoms with Crippen LogP contribution >= 0.6 is 0 Å². The minimum atomic E-state index is -0.405.